The highest BCUT2D eigenvalue weighted by Gasteiger charge is 2.30. The van der Waals surface area contributed by atoms with Crippen molar-refractivity contribution in [2.45, 2.75) is 50.9 Å². The molecule has 0 bridgehead atoms. The first-order chi connectivity index (χ1) is 16.6. The maximum Gasteiger partial charge on any atom is 0.230 e. The van der Waals surface area contributed by atoms with E-state index in [-0.39, 0.29) is 11.7 Å². The smallest absolute Gasteiger partial charge is 0.230 e. The van der Waals surface area contributed by atoms with Crippen LogP contribution in [-0.4, -0.2) is 36.2 Å². The molecule has 2 aromatic carbocycles. The van der Waals surface area contributed by atoms with Crippen LogP contribution in [0.2, 0.25) is 0 Å². The first-order valence-electron chi connectivity index (χ1n) is 11.6. The Balaban J connectivity index is 1.19. The number of thioether (sulfide) groups is 1. The largest absolute Gasteiger partial charge is 0.351 e. The lowest BCUT2D eigenvalue weighted by Crippen LogP contribution is -2.25. The van der Waals surface area contributed by atoms with Crippen LogP contribution >= 0.6 is 11.8 Å². The van der Waals surface area contributed by atoms with Crippen LogP contribution in [0, 0.1) is 13.8 Å². The molecule has 8 heteroatoms. The van der Waals surface area contributed by atoms with Crippen molar-refractivity contribution in [3.05, 3.63) is 89.0 Å². The van der Waals surface area contributed by atoms with Gasteiger partial charge in [0, 0.05) is 23.7 Å². The molecule has 1 N–H and O–H groups in total. The lowest BCUT2D eigenvalue weighted by atomic mass is 10.2. The SMILES string of the molecule is Cc1nn(Cc2ccccc2)c(C)c1CNC(=O)CSc1nc(C2CC2)n(-c2ccccc2)n1. The Morgan fingerprint density at radius 1 is 1.03 bits per heavy atom. The Kier molecular flexibility index (Phi) is 6.49. The number of carbonyl (C=O) groups excluding carboxylic acids is 1. The summed E-state index contributed by atoms with van der Waals surface area (Å²) in [6, 6.07) is 20.3. The molecular weight excluding hydrogens is 444 g/mol. The van der Waals surface area contributed by atoms with Crippen LogP contribution in [0.1, 0.15) is 47.1 Å². The Hall–Kier alpha value is -3.39. The van der Waals surface area contributed by atoms with Crippen molar-refractivity contribution in [2.24, 2.45) is 0 Å². The van der Waals surface area contributed by atoms with Crippen LogP contribution in [0.15, 0.2) is 65.8 Å². The quantitative estimate of drug-likeness (QED) is 0.365. The Morgan fingerprint density at radius 2 is 1.74 bits per heavy atom. The number of rotatable bonds is 9. The van der Waals surface area contributed by atoms with E-state index in [1.807, 2.05) is 64.8 Å². The first kappa shape index (κ1) is 22.4. The predicted octanol–water partition coefficient (Wildman–Crippen LogP) is 4.41. The van der Waals surface area contributed by atoms with Crippen LogP contribution in [-0.2, 0) is 17.9 Å². The van der Waals surface area contributed by atoms with E-state index in [9.17, 15) is 4.79 Å². The Morgan fingerprint density at radius 3 is 2.44 bits per heavy atom. The van der Waals surface area contributed by atoms with Crippen molar-refractivity contribution in [1.29, 1.82) is 0 Å². The molecule has 4 aromatic rings. The molecule has 34 heavy (non-hydrogen) atoms. The molecular formula is C26H28N6OS. The van der Waals surface area contributed by atoms with Crippen molar-refractivity contribution in [2.75, 3.05) is 5.75 Å². The zero-order valence-electron chi connectivity index (χ0n) is 19.4. The van der Waals surface area contributed by atoms with Crippen molar-refractivity contribution < 1.29 is 4.79 Å². The highest BCUT2D eigenvalue weighted by Crippen LogP contribution is 2.40. The van der Waals surface area contributed by atoms with Crippen molar-refractivity contribution >= 4 is 17.7 Å². The Labute approximate surface area is 203 Å². The van der Waals surface area contributed by atoms with Gasteiger partial charge in [0.15, 0.2) is 0 Å². The second-order valence-corrected chi connectivity index (χ2v) is 9.57. The molecule has 2 heterocycles. The van der Waals surface area contributed by atoms with E-state index < -0.39 is 0 Å². The van der Waals surface area contributed by atoms with E-state index in [0.717, 1.165) is 47.8 Å². The average molecular weight is 473 g/mol. The molecule has 5 rings (SSSR count). The fourth-order valence-electron chi connectivity index (χ4n) is 4.00. The van der Waals surface area contributed by atoms with E-state index in [2.05, 4.69) is 34.6 Å². The fraction of sp³-hybridized carbons (Fsp3) is 0.308. The molecule has 0 spiro atoms. The second kappa shape index (κ2) is 9.85. The summed E-state index contributed by atoms with van der Waals surface area (Å²) in [5, 5.41) is 13.0. The monoisotopic (exact) mass is 472 g/mol. The number of benzene rings is 2. The molecule has 1 amide bonds. The number of aryl methyl sites for hydroxylation is 1. The summed E-state index contributed by atoms with van der Waals surface area (Å²) >= 11 is 1.38. The highest BCUT2D eigenvalue weighted by molar-refractivity contribution is 7.99. The number of para-hydroxylation sites is 1. The minimum absolute atomic E-state index is 0.0383. The van der Waals surface area contributed by atoms with Crippen LogP contribution < -0.4 is 5.32 Å². The zero-order valence-corrected chi connectivity index (χ0v) is 20.3. The van der Waals surface area contributed by atoms with Gasteiger partial charge in [-0.1, -0.05) is 60.3 Å². The zero-order chi connectivity index (χ0) is 23.5. The van der Waals surface area contributed by atoms with Gasteiger partial charge in [-0.05, 0) is 44.4 Å². The standard InChI is InChI=1S/C26H28N6OS/c1-18-23(19(2)31(29-18)16-20-9-5-3-6-10-20)15-27-24(33)17-34-26-28-25(21-13-14-21)32(30-26)22-11-7-4-8-12-22/h3-12,21H,13-17H2,1-2H3,(H,27,33). The van der Waals surface area contributed by atoms with E-state index in [1.165, 1.54) is 17.3 Å². The molecule has 0 aliphatic heterocycles. The molecule has 0 saturated heterocycles. The topological polar surface area (TPSA) is 77.6 Å². The average Bonchev–Trinajstić information content (AvgIpc) is 3.56. The summed E-state index contributed by atoms with van der Waals surface area (Å²) in [6.07, 6.45) is 2.29. The molecule has 1 aliphatic rings. The summed E-state index contributed by atoms with van der Waals surface area (Å²) in [7, 11) is 0. The summed E-state index contributed by atoms with van der Waals surface area (Å²) in [5.41, 5.74) is 5.29. The molecule has 1 saturated carbocycles. The van der Waals surface area contributed by atoms with Crippen molar-refractivity contribution in [3.63, 3.8) is 0 Å². The summed E-state index contributed by atoms with van der Waals surface area (Å²) < 4.78 is 3.92. The predicted molar refractivity (Wildman–Crippen MR) is 133 cm³/mol. The van der Waals surface area contributed by atoms with Gasteiger partial charge in [-0.25, -0.2) is 9.67 Å². The van der Waals surface area contributed by atoms with Crippen LogP contribution in [0.5, 0.6) is 0 Å². The van der Waals surface area contributed by atoms with Gasteiger partial charge in [0.1, 0.15) is 5.82 Å². The molecule has 174 valence electrons. The van der Waals surface area contributed by atoms with E-state index in [4.69, 9.17) is 4.98 Å². The minimum Gasteiger partial charge on any atom is -0.351 e. The van der Waals surface area contributed by atoms with Gasteiger partial charge < -0.3 is 5.32 Å². The normalized spacial score (nSPS) is 13.2. The van der Waals surface area contributed by atoms with Gasteiger partial charge in [-0.3, -0.25) is 9.48 Å². The third kappa shape index (κ3) is 5.07. The summed E-state index contributed by atoms with van der Waals surface area (Å²) in [4.78, 5) is 17.3. The first-order valence-corrected chi connectivity index (χ1v) is 12.6. The van der Waals surface area contributed by atoms with Gasteiger partial charge in [-0.2, -0.15) is 5.10 Å². The van der Waals surface area contributed by atoms with Gasteiger partial charge in [0.05, 0.1) is 23.7 Å². The number of amides is 1. The van der Waals surface area contributed by atoms with E-state index in [1.54, 1.807) is 0 Å². The molecule has 2 aromatic heterocycles. The lowest BCUT2D eigenvalue weighted by Gasteiger charge is -2.07. The molecule has 0 unspecified atom stereocenters. The van der Waals surface area contributed by atoms with Crippen LogP contribution in [0.4, 0.5) is 0 Å². The third-order valence-corrected chi connectivity index (χ3v) is 6.89. The van der Waals surface area contributed by atoms with Gasteiger partial charge in [0.25, 0.3) is 0 Å². The summed E-state index contributed by atoms with van der Waals surface area (Å²) in [6.45, 7) is 5.23. The number of carbonyl (C=O) groups is 1. The number of hydrogen-bond acceptors (Lipinski definition) is 5. The Bertz CT molecular complexity index is 1280. The van der Waals surface area contributed by atoms with E-state index >= 15 is 0 Å². The van der Waals surface area contributed by atoms with Crippen molar-refractivity contribution in [3.8, 4) is 5.69 Å². The molecule has 1 fully saturated rings. The number of nitrogens with one attached hydrogen (secondary N) is 1. The molecule has 7 nitrogen and oxygen atoms in total. The van der Waals surface area contributed by atoms with E-state index in [0.29, 0.717) is 17.6 Å². The summed E-state index contributed by atoms with van der Waals surface area (Å²) in [5.74, 6) is 1.70. The maximum atomic E-state index is 12.6. The number of nitrogens with zero attached hydrogens (tertiary/aromatic N) is 5. The van der Waals surface area contributed by atoms with Gasteiger partial charge in [0.2, 0.25) is 11.1 Å². The second-order valence-electron chi connectivity index (χ2n) is 8.63. The number of aromatic nitrogens is 5. The fourth-order valence-corrected chi connectivity index (χ4v) is 4.66. The maximum absolute atomic E-state index is 12.6. The minimum atomic E-state index is -0.0383. The van der Waals surface area contributed by atoms with Gasteiger partial charge >= 0.3 is 0 Å². The van der Waals surface area contributed by atoms with Crippen LogP contribution in [0.3, 0.4) is 0 Å². The third-order valence-electron chi connectivity index (χ3n) is 6.06. The highest BCUT2D eigenvalue weighted by atomic mass is 32.2. The van der Waals surface area contributed by atoms with Crippen LogP contribution in [0.25, 0.3) is 5.69 Å². The lowest BCUT2D eigenvalue weighted by molar-refractivity contribution is -0.118. The molecule has 0 atom stereocenters. The molecule has 0 radical (unpaired) electrons. The molecule has 1 aliphatic carbocycles. The number of hydrogen-bond donors (Lipinski definition) is 1. The van der Waals surface area contributed by atoms with Crippen molar-refractivity contribution in [1.82, 2.24) is 29.9 Å². The van der Waals surface area contributed by atoms with Gasteiger partial charge in [-0.15, -0.1) is 5.10 Å².